The lowest BCUT2D eigenvalue weighted by molar-refractivity contribution is 0.306. The monoisotopic (exact) mass is 510 g/mol. The summed E-state index contributed by atoms with van der Waals surface area (Å²) in [5, 5.41) is 5.51. The number of halogens is 3. The van der Waals surface area contributed by atoms with E-state index in [-0.39, 0.29) is 0 Å². The van der Waals surface area contributed by atoms with Crippen molar-refractivity contribution in [2.75, 3.05) is 0 Å². The molecule has 0 atom stereocenters. The second-order valence-electron chi connectivity index (χ2n) is 5.75. The molecule has 0 bridgehead atoms. The highest BCUT2D eigenvalue weighted by molar-refractivity contribution is 14.1. The molecular weight excluding hydrogens is 494 g/mol. The molecule has 0 spiro atoms. The zero-order valence-corrected chi connectivity index (χ0v) is 18.0. The molecule has 0 aromatic heterocycles. The van der Waals surface area contributed by atoms with E-state index in [1.807, 2.05) is 42.5 Å². The summed E-state index contributed by atoms with van der Waals surface area (Å²) in [5.74, 6) is 0.775. The van der Waals surface area contributed by atoms with Gasteiger partial charge < -0.3 is 10.2 Å². The van der Waals surface area contributed by atoms with Crippen LogP contribution in [-0.2, 0) is 13.2 Å². The molecule has 0 fully saturated rings. The summed E-state index contributed by atoms with van der Waals surface area (Å²) in [7, 11) is 0. The SMILES string of the molecule is Clc1cccc(Cl)c1CN/N=C\c1ccccc1OCc1ccc(I)cc1. The maximum atomic E-state index is 6.16. The van der Waals surface area contributed by atoms with Gasteiger partial charge in [0, 0.05) is 24.7 Å². The van der Waals surface area contributed by atoms with Crippen molar-refractivity contribution in [1.29, 1.82) is 0 Å². The average molecular weight is 511 g/mol. The molecule has 0 aliphatic rings. The first kappa shape index (κ1) is 20.0. The Bertz CT molecular complexity index is 909. The molecule has 0 heterocycles. The zero-order valence-electron chi connectivity index (χ0n) is 14.3. The maximum Gasteiger partial charge on any atom is 0.128 e. The van der Waals surface area contributed by atoms with Gasteiger partial charge in [0.05, 0.1) is 12.8 Å². The third-order valence-electron chi connectivity index (χ3n) is 3.84. The molecule has 6 heteroatoms. The highest BCUT2D eigenvalue weighted by Gasteiger charge is 2.04. The van der Waals surface area contributed by atoms with Gasteiger partial charge in [-0.25, -0.2) is 0 Å². The van der Waals surface area contributed by atoms with E-state index in [2.05, 4.69) is 57.4 Å². The standard InChI is InChI=1S/C21H17Cl2IN2O/c22-19-5-3-6-20(23)18(19)13-26-25-12-16-4-1-2-7-21(16)27-14-15-8-10-17(24)11-9-15/h1-12,26H,13-14H2/b25-12-. The Morgan fingerprint density at radius 3 is 2.37 bits per heavy atom. The number of hydrogen-bond donors (Lipinski definition) is 1. The Labute approximate surface area is 182 Å². The van der Waals surface area contributed by atoms with Gasteiger partial charge >= 0.3 is 0 Å². The Kier molecular flexibility index (Phi) is 7.38. The van der Waals surface area contributed by atoms with Crippen molar-refractivity contribution in [2.45, 2.75) is 13.2 Å². The molecule has 3 rings (SSSR count). The molecule has 1 N–H and O–H groups in total. The Morgan fingerprint density at radius 2 is 1.63 bits per heavy atom. The van der Waals surface area contributed by atoms with Crippen LogP contribution in [0.15, 0.2) is 71.8 Å². The lowest BCUT2D eigenvalue weighted by atomic mass is 10.2. The van der Waals surface area contributed by atoms with Gasteiger partial charge in [0.1, 0.15) is 12.4 Å². The van der Waals surface area contributed by atoms with Crippen LogP contribution in [0.25, 0.3) is 0 Å². The van der Waals surface area contributed by atoms with Crippen molar-refractivity contribution in [2.24, 2.45) is 5.10 Å². The van der Waals surface area contributed by atoms with Crippen LogP contribution in [0.1, 0.15) is 16.7 Å². The summed E-state index contributed by atoms with van der Waals surface area (Å²) in [4.78, 5) is 0. The van der Waals surface area contributed by atoms with Crippen molar-refractivity contribution < 1.29 is 4.74 Å². The Balaban J connectivity index is 1.61. The minimum Gasteiger partial charge on any atom is -0.488 e. The van der Waals surface area contributed by atoms with Crippen LogP contribution in [0.2, 0.25) is 10.0 Å². The predicted molar refractivity (Wildman–Crippen MR) is 121 cm³/mol. The number of ether oxygens (including phenoxy) is 1. The van der Waals surface area contributed by atoms with Crippen molar-refractivity contribution in [3.05, 3.63) is 97.0 Å². The van der Waals surface area contributed by atoms with Gasteiger partial charge in [-0.05, 0) is 64.6 Å². The number of hydrogen-bond acceptors (Lipinski definition) is 3. The van der Waals surface area contributed by atoms with E-state index in [0.29, 0.717) is 23.2 Å². The van der Waals surface area contributed by atoms with Crippen LogP contribution in [0.5, 0.6) is 5.75 Å². The second-order valence-corrected chi connectivity index (χ2v) is 7.81. The van der Waals surface area contributed by atoms with Gasteiger partial charge in [0.25, 0.3) is 0 Å². The van der Waals surface area contributed by atoms with Crippen LogP contribution in [0.4, 0.5) is 0 Å². The molecular formula is C21H17Cl2IN2O. The quantitative estimate of drug-likeness (QED) is 0.230. The topological polar surface area (TPSA) is 33.6 Å². The lowest BCUT2D eigenvalue weighted by Gasteiger charge is -2.09. The number of para-hydroxylation sites is 1. The van der Waals surface area contributed by atoms with Crippen molar-refractivity contribution in [3.63, 3.8) is 0 Å². The molecule has 0 aliphatic carbocycles. The van der Waals surface area contributed by atoms with E-state index in [1.54, 1.807) is 6.21 Å². The summed E-state index contributed by atoms with van der Waals surface area (Å²) >= 11 is 14.6. The second kappa shape index (κ2) is 9.97. The summed E-state index contributed by atoms with van der Waals surface area (Å²) in [6, 6.07) is 21.5. The van der Waals surface area contributed by atoms with E-state index in [4.69, 9.17) is 27.9 Å². The molecule has 0 saturated heterocycles. The number of rotatable bonds is 7. The van der Waals surface area contributed by atoms with Crippen LogP contribution < -0.4 is 10.2 Å². The number of hydrazone groups is 1. The summed E-state index contributed by atoms with van der Waals surface area (Å²) in [6.07, 6.45) is 1.73. The lowest BCUT2D eigenvalue weighted by Crippen LogP contribution is -2.07. The minimum absolute atomic E-state index is 0.445. The molecule has 3 aromatic carbocycles. The number of nitrogens with zero attached hydrogens (tertiary/aromatic N) is 1. The van der Waals surface area contributed by atoms with Gasteiger partial charge in [0.2, 0.25) is 0 Å². The van der Waals surface area contributed by atoms with Crippen LogP contribution >= 0.6 is 45.8 Å². The van der Waals surface area contributed by atoms with Crippen molar-refractivity contribution in [1.82, 2.24) is 5.43 Å². The molecule has 138 valence electrons. The van der Waals surface area contributed by atoms with Gasteiger partial charge in [0.15, 0.2) is 0 Å². The highest BCUT2D eigenvalue weighted by Crippen LogP contribution is 2.24. The normalized spacial score (nSPS) is 10.9. The molecule has 0 saturated carbocycles. The van der Waals surface area contributed by atoms with Crippen molar-refractivity contribution in [3.8, 4) is 5.75 Å². The third kappa shape index (κ3) is 5.86. The molecule has 27 heavy (non-hydrogen) atoms. The van der Waals surface area contributed by atoms with E-state index >= 15 is 0 Å². The Morgan fingerprint density at radius 1 is 0.926 bits per heavy atom. The average Bonchev–Trinajstić information content (AvgIpc) is 2.67. The predicted octanol–water partition coefficient (Wildman–Crippen LogP) is 6.30. The first-order valence-corrected chi connectivity index (χ1v) is 10.1. The molecule has 3 aromatic rings. The molecule has 3 nitrogen and oxygen atoms in total. The third-order valence-corrected chi connectivity index (χ3v) is 5.27. The first-order chi connectivity index (χ1) is 13.1. The van der Waals surface area contributed by atoms with E-state index in [9.17, 15) is 0 Å². The number of benzene rings is 3. The van der Waals surface area contributed by atoms with E-state index in [0.717, 1.165) is 22.4 Å². The summed E-state index contributed by atoms with van der Waals surface area (Å²) < 4.78 is 7.16. The molecule has 0 unspecified atom stereocenters. The van der Waals surface area contributed by atoms with E-state index < -0.39 is 0 Å². The fourth-order valence-corrected chi connectivity index (χ4v) is 3.29. The summed E-state index contributed by atoms with van der Waals surface area (Å²) in [5.41, 5.74) is 5.81. The minimum atomic E-state index is 0.445. The van der Waals surface area contributed by atoms with Gasteiger partial charge in [-0.1, -0.05) is 53.5 Å². The van der Waals surface area contributed by atoms with Crippen LogP contribution in [-0.4, -0.2) is 6.21 Å². The smallest absolute Gasteiger partial charge is 0.128 e. The van der Waals surface area contributed by atoms with Gasteiger partial charge in [-0.15, -0.1) is 0 Å². The van der Waals surface area contributed by atoms with Crippen LogP contribution in [0, 0.1) is 3.57 Å². The van der Waals surface area contributed by atoms with Crippen molar-refractivity contribution >= 4 is 52.0 Å². The molecule has 0 aliphatic heterocycles. The fraction of sp³-hybridized carbons (Fsp3) is 0.0952. The Hall–Kier alpha value is -1.76. The number of nitrogens with one attached hydrogen (secondary N) is 1. The maximum absolute atomic E-state index is 6.16. The highest BCUT2D eigenvalue weighted by atomic mass is 127. The molecule has 0 amide bonds. The largest absolute Gasteiger partial charge is 0.488 e. The summed E-state index contributed by atoms with van der Waals surface area (Å²) in [6.45, 7) is 0.950. The van der Waals surface area contributed by atoms with Gasteiger partial charge in [-0.2, -0.15) is 5.10 Å². The van der Waals surface area contributed by atoms with Gasteiger partial charge in [-0.3, -0.25) is 0 Å². The van der Waals surface area contributed by atoms with E-state index in [1.165, 1.54) is 3.57 Å². The molecule has 0 radical (unpaired) electrons. The first-order valence-electron chi connectivity index (χ1n) is 8.28. The van der Waals surface area contributed by atoms with Crippen LogP contribution in [0.3, 0.4) is 0 Å². The fourth-order valence-electron chi connectivity index (χ4n) is 2.40. The zero-order chi connectivity index (χ0) is 19.1.